The molecule has 1 N–H and O–H groups in total. The number of methoxy groups -OCH3 is 1. The highest BCUT2D eigenvalue weighted by atomic mass is 19.1. The molecule has 1 aliphatic heterocycles. The molecule has 24 heavy (non-hydrogen) atoms. The number of benzene rings is 2. The van der Waals surface area contributed by atoms with Gasteiger partial charge in [0.2, 0.25) is 0 Å². The van der Waals surface area contributed by atoms with Gasteiger partial charge in [-0.2, -0.15) is 0 Å². The van der Waals surface area contributed by atoms with Gasteiger partial charge in [0, 0.05) is 44.5 Å². The van der Waals surface area contributed by atoms with Crippen LogP contribution in [0.3, 0.4) is 0 Å². The highest BCUT2D eigenvalue weighted by Gasteiger charge is 2.18. The largest absolute Gasteiger partial charge is 0.494 e. The van der Waals surface area contributed by atoms with E-state index in [1.165, 1.54) is 18.7 Å². The Morgan fingerprint density at radius 2 is 1.67 bits per heavy atom. The van der Waals surface area contributed by atoms with Crippen molar-refractivity contribution < 1.29 is 14.2 Å². The quantitative estimate of drug-likeness (QED) is 0.914. The Labute approximate surface area is 142 Å². The van der Waals surface area contributed by atoms with Crippen LogP contribution in [0.1, 0.15) is 11.1 Å². The van der Waals surface area contributed by atoms with Crippen LogP contribution >= 0.6 is 0 Å². The lowest BCUT2D eigenvalue weighted by Crippen LogP contribution is -2.45. The van der Waals surface area contributed by atoms with E-state index in [-0.39, 0.29) is 12.4 Å². The Kier molecular flexibility index (Phi) is 5.33. The minimum atomic E-state index is -0.328. The smallest absolute Gasteiger partial charge is 0.165 e. The molecule has 1 fully saturated rings. The maximum Gasteiger partial charge on any atom is 0.165 e. The van der Waals surface area contributed by atoms with E-state index in [4.69, 9.17) is 9.84 Å². The highest BCUT2D eigenvalue weighted by Crippen LogP contribution is 2.25. The van der Waals surface area contributed by atoms with Crippen molar-refractivity contribution >= 4 is 5.69 Å². The fourth-order valence-corrected chi connectivity index (χ4v) is 3.02. The van der Waals surface area contributed by atoms with E-state index in [2.05, 4.69) is 21.9 Å². The van der Waals surface area contributed by atoms with Crippen LogP contribution in [0.15, 0.2) is 42.5 Å². The molecule has 2 aromatic carbocycles. The van der Waals surface area contributed by atoms with E-state index in [1.54, 1.807) is 12.1 Å². The third-order valence-corrected chi connectivity index (χ3v) is 4.48. The molecule has 0 unspecified atom stereocenters. The molecule has 0 aliphatic carbocycles. The molecule has 2 aromatic rings. The van der Waals surface area contributed by atoms with Crippen molar-refractivity contribution in [3.8, 4) is 5.75 Å². The molecule has 128 valence electrons. The normalized spacial score (nSPS) is 15.5. The molecule has 0 spiro atoms. The second kappa shape index (κ2) is 7.64. The van der Waals surface area contributed by atoms with Gasteiger partial charge in [0.25, 0.3) is 0 Å². The second-order valence-corrected chi connectivity index (χ2v) is 6.06. The van der Waals surface area contributed by atoms with Crippen LogP contribution in [0.5, 0.6) is 5.75 Å². The molecule has 1 saturated heterocycles. The van der Waals surface area contributed by atoms with Crippen molar-refractivity contribution in [1.29, 1.82) is 0 Å². The number of aliphatic hydroxyl groups is 1. The van der Waals surface area contributed by atoms with E-state index in [0.717, 1.165) is 44.0 Å². The van der Waals surface area contributed by atoms with Crippen molar-refractivity contribution in [2.45, 2.75) is 13.2 Å². The molecule has 0 aromatic heterocycles. The zero-order valence-electron chi connectivity index (χ0n) is 13.9. The van der Waals surface area contributed by atoms with Gasteiger partial charge >= 0.3 is 0 Å². The number of hydrogen-bond donors (Lipinski definition) is 1. The van der Waals surface area contributed by atoms with Crippen molar-refractivity contribution in [2.24, 2.45) is 0 Å². The van der Waals surface area contributed by atoms with Crippen molar-refractivity contribution in [1.82, 2.24) is 4.90 Å². The van der Waals surface area contributed by atoms with Crippen LogP contribution in [0, 0.1) is 5.82 Å². The third kappa shape index (κ3) is 3.86. The first-order chi connectivity index (χ1) is 11.7. The van der Waals surface area contributed by atoms with Crippen LogP contribution in [0.2, 0.25) is 0 Å². The predicted octanol–water partition coefficient (Wildman–Crippen LogP) is 2.65. The number of ether oxygens (including phenoxy) is 1. The molecular formula is C19H23FN2O2. The maximum atomic E-state index is 13.5. The zero-order valence-corrected chi connectivity index (χ0v) is 13.9. The monoisotopic (exact) mass is 330 g/mol. The topological polar surface area (TPSA) is 35.9 Å². The molecule has 5 heteroatoms. The van der Waals surface area contributed by atoms with E-state index < -0.39 is 0 Å². The van der Waals surface area contributed by atoms with Gasteiger partial charge in [0.1, 0.15) is 0 Å². The average molecular weight is 330 g/mol. The molecule has 0 saturated carbocycles. The van der Waals surface area contributed by atoms with E-state index in [9.17, 15) is 4.39 Å². The zero-order chi connectivity index (χ0) is 16.9. The lowest BCUT2D eigenvalue weighted by Gasteiger charge is -2.36. The summed E-state index contributed by atoms with van der Waals surface area (Å²) in [5.74, 6) is -0.0369. The number of aliphatic hydroxyl groups excluding tert-OH is 1. The first-order valence-electron chi connectivity index (χ1n) is 8.19. The van der Waals surface area contributed by atoms with Gasteiger partial charge in [-0.1, -0.05) is 24.3 Å². The summed E-state index contributed by atoms with van der Waals surface area (Å²) in [4.78, 5) is 4.67. The molecule has 4 nitrogen and oxygen atoms in total. The lowest BCUT2D eigenvalue weighted by molar-refractivity contribution is 0.249. The fraction of sp³-hybridized carbons (Fsp3) is 0.368. The van der Waals surface area contributed by atoms with Crippen molar-refractivity contribution in [2.75, 3.05) is 38.2 Å². The molecule has 0 atom stereocenters. The van der Waals surface area contributed by atoms with E-state index in [0.29, 0.717) is 5.75 Å². The Morgan fingerprint density at radius 3 is 2.29 bits per heavy atom. The summed E-state index contributed by atoms with van der Waals surface area (Å²) >= 11 is 0. The summed E-state index contributed by atoms with van der Waals surface area (Å²) in [7, 11) is 1.49. The standard InChI is InChI=1S/C19H23FN2O2/c1-24-19-12-17(6-7-18(19)20)22-10-8-21(9-11-22)13-15-2-4-16(14-23)5-3-15/h2-7,12,23H,8-11,13-14H2,1H3. The van der Waals surface area contributed by atoms with Crippen LogP contribution in [0.4, 0.5) is 10.1 Å². The minimum absolute atomic E-state index is 0.0834. The van der Waals surface area contributed by atoms with Gasteiger partial charge in [0.05, 0.1) is 13.7 Å². The van der Waals surface area contributed by atoms with Gasteiger partial charge in [-0.3, -0.25) is 4.90 Å². The van der Waals surface area contributed by atoms with Gasteiger partial charge < -0.3 is 14.7 Å². The maximum absolute atomic E-state index is 13.5. The molecule has 0 bridgehead atoms. The molecule has 1 heterocycles. The number of anilines is 1. The summed E-state index contributed by atoms with van der Waals surface area (Å²) in [5, 5.41) is 9.09. The van der Waals surface area contributed by atoms with Crippen LogP contribution in [-0.4, -0.2) is 43.3 Å². The number of hydrogen-bond acceptors (Lipinski definition) is 4. The molecule has 3 rings (SSSR count). The number of halogens is 1. The van der Waals surface area contributed by atoms with Crippen LogP contribution < -0.4 is 9.64 Å². The highest BCUT2D eigenvalue weighted by molar-refractivity contribution is 5.51. The second-order valence-electron chi connectivity index (χ2n) is 6.06. The molecule has 0 radical (unpaired) electrons. The van der Waals surface area contributed by atoms with Gasteiger partial charge in [-0.15, -0.1) is 0 Å². The SMILES string of the molecule is COc1cc(N2CCN(Cc3ccc(CO)cc3)CC2)ccc1F. The Bertz CT molecular complexity index is 668. The van der Waals surface area contributed by atoms with Crippen molar-refractivity contribution in [3.63, 3.8) is 0 Å². The number of piperazine rings is 1. The Hall–Kier alpha value is -2.11. The van der Waals surface area contributed by atoms with Gasteiger partial charge in [-0.25, -0.2) is 4.39 Å². The summed E-state index contributed by atoms with van der Waals surface area (Å²) < 4.78 is 18.6. The third-order valence-electron chi connectivity index (χ3n) is 4.48. The van der Waals surface area contributed by atoms with Crippen LogP contribution in [0.25, 0.3) is 0 Å². The minimum Gasteiger partial charge on any atom is -0.494 e. The summed E-state index contributed by atoms with van der Waals surface area (Å²) in [6, 6.07) is 13.1. The Morgan fingerprint density at radius 1 is 1.00 bits per heavy atom. The van der Waals surface area contributed by atoms with Crippen molar-refractivity contribution in [3.05, 3.63) is 59.4 Å². The van der Waals surface area contributed by atoms with Crippen LogP contribution in [-0.2, 0) is 13.2 Å². The lowest BCUT2D eigenvalue weighted by atomic mass is 10.1. The molecular weight excluding hydrogens is 307 g/mol. The predicted molar refractivity (Wildman–Crippen MR) is 92.8 cm³/mol. The van der Waals surface area contributed by atoms with Gasteiger partial charge in [0.15, 0.2) is 11.6 Å². The summed E-state index contributed by atoms with van der Waals surface area (Å²) in [5.41, 5.74) is 3.19. The van der Waals surface area contributed by atoms with E-state index in [1.807, 2.05) is 12.1 Å². The Balaban J connectivity index is 1.57. The molecule has 1 aliphatic rings. The molecule has 0 amide bonds. The first-order valence-corrected chi connectivity index (χ1v) is 8.19. The number of nitrogens with zero attached hydrogens (tertiary/aromatic N) is 2. The summed E-state index contributed by atoms with van der Waals surface area (Å²) in [6.07, 6.45) is 0. The van der Waals surface area contributed by atoms with E-state index >= 15 is 0 Å². The fourth-order valence-electron chi connectivity index (χ4n) is 3.02. The summed E-state index contributed by atoms with van der Waals surface area (Å²) in [6.45, 7) is 4.72. The first kappa shape index (κ1) is 16.7. The van der Waals surface area contributed by atoms with Gasteiger partial charge in [-0.05, 0) is 23.3 Å². The average Bonchev–Trinajstić information content (AvgIpc) is 2.63. The number of rotatable bonds is 5.